The van der Waals surface area contributed by atoms with Crippen molar-refractivity contribution >= 4 is 18.0 Å². The minimum atomic E-state index is -0.539. The molecule has 0 N–H and O–H groups in total. The monoisotopic (exact) mass is 395 g/mol. The maximum atomic E-state index is 12.5. The molecule has 1 aliphatic rings. The van der Waals surface area contributed by atoms with E-state index in [9.17, 15) is 9.59 Å². The lowest BCUT2D eigenvalue weighted by atomic mass is 9.99. The predicted octanol–water partition coefficient (Wildman–Crippen LogP) is 3.15. The fourth-order valence-electron chi connectivity index (χ4n) is 3.21. The summed E-state index contributed by atoms with van der Waals surface area (Å²) in [5.74, 6) is 0.554. The highest BCUT2D eigenvalue weighted by Crippen LogP contribution is 2.33. The molecule has 0 bridgehead atoms. The fraction of sp³-hybridized carbons (Fsp3) is 0.304. The van der Waals surface area contributed by atoms with Crippen LogP contribution in [0.15, 0.2) is 42.5 Å². The summed E-state index contributed by atoms with van der Waals surface area (Å²) < 4.78 is 15.8. The Kier molecular flexibility index (Phi) is 6.54. The van der Waals surface area contributed by atoms with Gasteiger partial charge in [-0.2, -0.15) is 0 Å². The molecular weight excluding hydrogens is 370 g/mol. The van der Waals surface area contributed by atoms with Gasteiger partial charge in [0.1, 0.15) is 0 Å². The van der Waals surface area contributed by atoms with Gasteiger partial charge in [-0.3, -0.25) is 4.79 Å². The Hall–Kier alpha value is -3.28. The molecule has 0 atom stereocenters. The number of hydrogen-bond donors (Lipinski definition) is 0. The first-order valence-electron chi connectivity index (χ1n) is 9.43. The van der Waals surface area contributed by atoms with E-state index in [0.717, 1.165) is 22.3 Å². The molecule has 2 aromatic rings. The third-order valence-corrected chi connectivity index (χ3v) is 4.90. The molecule has 0 aliphatic carbocycles. The fourth-order valence-corrected chi connectivity index (χ4v) is 3.21. The van der Waals surface area contributed by atoms with Crippen molar-refractivity contribution in [3.8, 4) is 11.5 Å². The van der Waals surface area contributed by atoms with Crippen LogP contribution >= 0.6 is 0 Å². The molecule has 2 aromatic carbocycles. The second-order valence-electron chi connectivity index (χ2n) is 6.89. The Morgan fingerprint density at radius 3 is 2.34 bits per heavy atom. The maximum absolute atomic E-state index is 12.5. The maximum Gasteiger partial charge on any atom is 0.331 e. The predicted molar refractivity (Wildman–Crippen MR) is 110 cm³/mol. The molecule has 0 unspecified atom stereocenters. The van der Waals surface area contributed by atoms with Gasteiger partial charge in [-0.15, -0.1) is 0 Å². The average Bonchev–Trinajstić information content (AvgIpc) is 2.75. The van der Waals surface area contributed by atoms with Crippen molar-refractivity contribution in [1.82, 2.24) is 4.90 Å². The van der Waals surface area contributed by atoms with Crippen molar-refractivity contribution in [3.63, 3.8) is 0 Å². The van der Waals surface area contributed by atoms with Crippen LogP contribution in [0.4, 0.5) is 0 Å². The normalized spacial score (nSPS) is 13.1. The summed E-state index contributed by atoms with van der Waals surface area (Å²) in [6.07, 6.45) is 3.71. The van der Waals surface area contributed by atoms with Gasteiger partial charge in [0, 0.05) is 19.2 Å². The zero-order valence-electron chi connectivity index (χ0n) is 16.9. The van der Waals surface area contributed by atoms with Crippen LogP contribution in [0.25, 0.3) is 6.08 Å². The summed E-state index contributed by atoms with van der Waals surface area (Å²) in [4.78, 5) is 26.1. The summed E-state index contributed by atoms with van der Waals surface area (Å²) in [5, 5.41) is 0. The lowest BCUT2D eigenvalue weighted by Gasteiger charge is -2.29. The van der Waals surface area contributed by atoms with Crippen LogP contribution in [0.3, 0.4) is 0 Å². The highest BCUT2D eigenvalue weighted by atomic mass is 16.5. The van der Waals surface area contributed by atoms with Crippen molar-refractivity contribution in [2.45, 2.75) is 19.9 Å². The van der Waals surface area contributed by atoms with Crippen molar-refractivity contribution in [3.05, 3.63) is 64.7 Å². The molecule has 1 heterocycles. The molecule has 0 saturated carbocycles. The van der Waals surface area contributed by atoms with E-state index < -0.39 is 5.97 Å². The van der Waals surface area contributed by atoms with Crippen molar-refractivity contribution in [2.75, 3.05) is 27.4 Å². The second-order valence-corrected chi connectivity index (χ2v) is 6.89. The number of benzene rings is 2. The molecule has 6 heteroatoms. The zero-order valence-corrected chi connectivity index (χ0v) is 16.9. The van der Waals surface area contributed by atoms with Gasteiger partial charge in [0.15, 0.2) is 18.1 Å². The van der Waals surface area contributed by atoms with Crippen LogP contribution < -0.4 is 9.47 Å². The Morgan fingerprint density at radius 2 is 1.69 bits per heavy atom. The molecule has 0 fully saturated rings. The number of ether oxygens (including phenoxy) is 3. The van der Waals surface area contributed by atoms with Crippen molar-refractivity contribution in [1.29, 1.82) is 0 Å². The molecule has 0 spiro atoms. The topological polar surface area (TPSA) is 65.1 Å². The van der Waals surface area contributed by atoms with E-state index in [1.807, 2.05) is 43.3 Å². The van der Waals surface area contributed by atoms with Crippen LogP contribution in [-0.4, -0.2) is 44.1 Å². The molecule has 152 valence electrons. The minimum Gasteiger partial charge on any atom is -0.493 e. The number of esters is 1. The highest BCUT2D eigenvalue weighted by Gasteiger charge is 2.23. The molecule has 0 aromatic heterocycles. The standard InChI is InChI=1S/C23H25NO5/c1-16-4-6-17(7-5-16)8-9-23(26)29-15-22(25)24-11-10-18-12-20(27-2)21(28-3)13-19(18)14-24/h4-9,12-13H,10-11,14-15H2,1-3H3/b9-8+. The molecule has 6 nitrogen and oxygen atoms in total. The van der Waals surface area contributed by atoms with E-state index in [0.29, 0.717) is 31.0 Å². The van der Waals surface area contributed by atoms with Crippen molar-refractivity contribution in [2.24, 2.45) is 0 Å². The lowest BCUT2D eigenvalue weighted by Crippen LogP contribution is -2.38. The quantitative estimate of drug-likeness (QED) is 0.555. The number of rotatable bonds is 6. The molecule has 3 rings (SSSR count). The van der Waals surface area contributed by atoms with Gasteiger partial charge in [-0.25, -0.2) is 4.79 Å². The Morgan fingerprint density at radius 1 is 1.03 bits per heavy atom. The zero-order chi connectivity index (χ0) is 20.8. The Balaban J connectivity index is 1.55. The van der Waals surface area contributed by atoms with Crippen molar-refractivity contribution < 1.29 is 23.8 Å². The number of hydrogen-bond acceptors (Lipinski definition) is 5. The van der Waals surface area contributed by atoms with Crippen LogP contribution in [0, 0.1) is 6.92 Å². The molecule has 0 saturated heterocycles. The largest absolute Gasteiger partial charge is 0.493 e. The lowest BCUT2D eigenvalue weighted by molar-refractivity contribution is -0.148. The second kappa shape index (κ2) is 9.28. The number of carbonyl (C=O) groups is 2. The van der Waals surface area contributed by atoms with Crippen LogP contribution in [0.2, 0.25) is 0 Å². The summed E-state index contributed by atoms with van der Waals surface area (Å²) >= 11 is 0. The molecule has 1 amide bonds. The average molecular weight is 395 g/mol. The number of nitrogens with zero attached hydrogens (tertiary/aromatic N) is 1. The van der Waals surface area contributed by atoms with Crippen LogP contribution in [0.5, 0.6) is 11.5 Å². The number of amides is 1. The molecular formula is C23H25NO5. The van der Waals surface area contributed by atoms with E-state index in [1.54, 1.807) is 25.2 Å². The van der Waals surface area contributed by atoms with E-state index in [-0.39, 0.29) is 12.5 Å². The molecule has 0 radical (unpaired) electrons. The van der Waals surface area contributed by atoms with Crippen LogP contribution in [-0.2, 0) is 27.3 Å². The minimum absolute atomic E-state index is 0.220. The summed E-state index contributed by atoms with van der Waals surface area (Å²) in [7, 11) is 3.18. The number of methoxy groups -OCH3 is 2. The van der Waals surface area contributed by atoms with E-state index in [1.165, 1.54) is 6.08 Å². The van der Waals surface area contributed by atoms with Gasteiger partial charge in [0.25, 0.3) is 5.91 Å². The highest BCUT2D eigenvalue weighted by molar-refractivity contribution is 5.89. The molecule has 29 heavy (non-hydrogen) atoms. The van der Waals surface area contributed by atoms with Gasteiger partial charge in [0.2, 0.25) is 0 Å². The SMILES string of the molecule is COc1cc2c(cc1OC)CN(C(=O)COC(=O)/C=C/c1ccc(C)cc1)CC2. The third kappa shape index (κ3) is 5.16. The Bertz CT molecular complexity index is 918. The van der Waals surface area contributed by atoms with Gasteiger partial charge in [-0.05, 0) is 48.2 Å². The number of aryl methyl sites for hydroxylation is 1. The van der Waals surface area contributed by atoms with Gasteiger partial charge in [0.05, 0.1) is 14.2 Å². The third-order valence-electron chi connectivity index (χ3n) is 4.90. The summed E-state index contributed by atoms with van der Waals surface area (Å²) in [5.41, 5.74) is 4.18. The van der Waals surface area contributed by atoms with Crippen LogP contribution in [0.1, 0.15) is 22.3 Å². The Labute approximate surface area is 170 Å². The van der Waals surface area contributed by atoms with E-state index in [2.05, 4.69) is 0 Å². The van der Waals surface area contributed by atoms with Gasteiger partial charge < -0.3 is 19.1 Å². The molecule has 1 aliphatic heterocycles. The summed E-state index contributed by atoms with van der Waals surface area (Å²) in [6, 6.07) is 11.6. The number of fused-ring (bicyclic) bond motifs is 1. The van der Waals surface area contributed by atoms with Gasteiger partial charge in [-0.1, -0.05) is 29.8 Å². The number of carbonyl (C=O) groups excluding carboxylic acids is 2. The first kappa shape index (κ1) is 20.5. The smallest absolute Gasteiger partial charge is 0.331 e. The van der Waals surface area contributed by atoms with E-state index in [4.69, 9.17) is 14.2 Å². The summed E-state index contributed by atoms with van der Waals surface area (Å²) in [6.45, 7) is 2.74. The first-order chi connectivity index (χ1) is 14.0. The van der Waals surface area contributed by atoms with E-state index >= 15 is 0 Å². The first-order valence-corrected chi connectivity index (χ1v) is 9.43. The van der Waals surface area contributed by atoms with Gasteiger partial charge >= 0.3 is 5.97 Å².